The molecule has 2 aromatic rings. The van der Waals surface area contributed by atoms with Crippen LogP contribution in [0.25, 0.3) is 0 Å². The molecule has 0 bridgehead atoms. The third-order valence-electron chi connectivity index (χ3n) is 3.96. The fourth-order valence-corrected chi connectivity index (χ4v) is 4.08. The predicted molar refractivity (Wildman–Crippen MR) is 102 cm³/mol. The molecule has 154 valence electrons. The number of carbonyl (C=O) groups excluding carboxylic acids is 1. The van der Waals surface area contributed by atoms with Gasteiger partial charge in [0.05, 0.1) is 32.7 Å². The Bertz CT molecular complexity index is 910. The molecule has 1 aromatic heterocycles. The fraction of sp³-hybridized carbons (Fsp3) is 0.412. The molecule has 1 aromatic carbocycles. The van der Waals surface area contributed by atoms with Crippen LogP contribution >= 0.6 is 0 Å². The van der Waals surface area contributed by atoms with Gasteiger partial charge in [0.15, 0.2) is 11.5 Å². The molecule has 0 fully saturated rings. The largest absolute Gasteiger partial charge is 0.493 e. The van der Waals surface area contributed by atoms with Gasteiger partial charge in [-0.3, -0.25) is 9.89 Å². The number of nitrogens with one attached hydrogen (secondary N) is 3. The van der Waals surface area contributed by atoms with Gasteiger partial charge in [0.25, 0.3) is 5.91 Å². The molecule has 0 saturated carbocycles. The van der Waals surface area contributed by atoms with E-state index in [4.69, 9.17) is 14.2 Å². The van der Waals surface area contributed by atoms with Gasteiger partial charge in [0.1, 0.15) is 4.90 Å². The van der Waals surface area contributed by atoms with Crippen molar-refractivity contribution in [3.8, 4) is 17.2 Å². The van der Waals surface area contributed by atoms with Crippen molar-refractivity contribution < 1.29 is 27.4 Å². The molecular weight excluding hydrogens is 388 g/mol. The van der Waals surface area contributed by atoms with Gasteiger partial charge in [0.2, 0.25) is 15.8 Å². The van der Waals surface area contributed by atoms with Crippen LogP contribution in [0, 0.1) is 13.8 Å². The molecule has 0 aliphatic rings. The predicted octanol–water partition coefficient (Wildman–Crippen LogP) is 0.761. The number of ether oxygens (including phenoxy) is 3. The highest BCUT2D eigenvalue weighted by atomic mass is 32.2. The first-order chi connectivity index (χ1) is 13.2. The second kappa shape index (κ2) is 8.93. The SMILES string of the molecule is COc1cc(C(=O)NCCNS(=O)(=O)c2c(C)n[nH]c2C)cc(OC)c1OC. The Balaban J connectivity index is 2.01. The van der Waals surface area contributed by atoms with E-state index in [-0.39, 0.29) is 18.0 Å². The number of benzene rings is 1. The van der Waals surface area contributed by atoms with Crippen molar-refractivity contribution in [1.82, 2.24) is 20.2 Å². The van der Waals surface area contributed by atoms with Crippen molar-refractivity contribution in [3.05, 3.63) is 29.1 Å². The van der Waals surface area contributed by atoms with E-state index in [1.54, 1.807) is 13.8 Å². The van der Waals surface area contributed by atoms with E-state index in [9.17, 15) is 13.2 Å². The summed E-state index contributed by atoms with van der Waals surface area (Å²) < 4.78 is 42.8. The highest BCUT2D eigenvalue weighted by Gasteiger charge is 2.22. The van der Waals surface area contributed by atoms with Gasteiger partial charge in [0, 0.05) is 18.7 Å². The number of aromatic amines is 1. The molecule has 0 aliphatic carbocycles. The van der Waals surface area contributed by atoms with E-state index in [2.05, 4.69) is 20.2 Å². The average Bonchev–Trinajstić information content (AvgIpc) is 3.02. The van der Waals surface area contributed by atoms with Crippen LogP contribution in [0.5, 0.6) is 17.2 Å². The first kappa shape index (κ1) is 21.5. The highest BCUT2D eigenvalue weighted by molar-refractivity contribution is 7.89. The molecule has 3 N–H and O–H groups in total. The minimum atomic E-state index is -3.72. The number of methoxy groups -OCH3 is 3. The lowest BCUT2D eigenvalue weighted by Crippen LogP contribution is -2.35. The minimum absolute atomic E-state index is 0.0164. The molecule has 0 spiro atoms. The Morgan fingerprint density at radius 2 is 1.68 bits per heavy atom. The molecule has 28 heavy (non-hydrogen) atoms. The molecule has 11 heteroatoms. The number of amides is 1. The molecule has 1 amide bonds. The number of hydrogen-bond acceptors (Lipinski definition) is 7. The second-order valence-electron chi connectivity index (χ2n) is 5.83. The van der Waals surface area contributed by atoms with E-state index in [1.165, 1.54) is 33.5 Å². The lowest BCUT2D eigenvalue weighted by molar-refractivity contribution is 0.0953. The zero-order chi connectivity index (χ0) is 20.9. The number of aryl methyl sites for hydroxylation is 2. The highest BCUT2D eigenvalue weighted by Crippen LogP contribution is 2.38. The molecule has 0 unspecified atom stereocenters. The summed E-state index contributed by atoms with van der Waals surface area (Å²) in [6, 6.07) is 3.03. The quantitative estimate of drug-likeness (QED) is 0.518. The Morgan fingerprint density at radius 1 is 1.07 bits per heavy atom. The monoisotopic (exact) mass is 412 g/mol. The summed E-state index contributed by atoms with van der Waals surface area (Å²) in [5, 5.41) is 9.15. The third kappa shape index (κ3) is 4.54. The first-order valence-corrected chi connectivity index (χ1v) is 9.83. The molecule has 2 rings (SSSR count). The van der Waals surface area contributed by atoms with Crippen molar-refractivity contribution >= 4 is 15.9 Å². The van der Waals surface area contributed by atoms with Crippen molar-refractivity contribution in [1.29, 1.82) is 0 Å². The van der Waals surface area contributed by atoms with E-state index >= 15 is 0 Å². The van der Waals surface area contributed by atoms with Crippen LogP contribution in [0.3, 0.4) is 0 Å². The van der Waals surface area contributed by atoms with Crippen LogP contribution in [-0.4, -0.2) is 58.9 Å². The first-order valence-electron chi connectivity index (χ1n) is 8.34. The van der Waals surface area contributed by atoms with Crippen molar-refractivity contribution in [2.75, 3.05) is 34.4 Å². The van der Waals surface area contributed by atoms with Gasteiger partial charge in [-0.05, 0) is 26.0 Å². The van der Waals surface area contributed by atoms with E-state index in [1.807, 2.05) is 0 Å². The maximum absolute atomic E-state index is 12.4. The van der Waals surface area contributed by atoms with Gasteiger partial charge < -0.3 is 19.5 Å². The summed E-state index contributed by atoms with van der Waals surface area (Å²) in [5.74, 6) is 0.659. The molecule has 1 heterocycles. The maximum Gasteiger partial charge on any atom is 0.251 e. The van der Waals surface area contributed by atoms with Crippen molar-refractivity contribution in [3.63, 3.8) is 0 Å². The van der Waals surface area contributed by atoms with Crippen molar-refractivity contribution in [2.45, 2.75) is 18.7 Å². The topological polar surface area (TPSA) is 132 Å². The second-order valence-corrected chi connectivity index (χ2v) is 7.53. The number of nitrogens with zero attached hydrogens (tertiary/aromatic N) is 1. The minimum Gasteiger partial charge on any atom is -0.493 e. The molecule has 0 atom stereocenters. The van der Waals surface area contributed by atoms with Gasteiger partial charge in [-0.15, -0.1) is 0 Å². The summed E-state index contributed by atoms with van der Waals surface area (Å²) >= 11 is 0. The molecule has 10 nitrogen and oxygen atoms in total. The van der Waals surface area contributed by atoms with Gasteiger partial charge in [-0.1, -0.05) is 0 Å². The number of sulfonamides is 1. The van der Waals surface area contributed by atoms with Gasteiger partial charge in [-0.25, -0.2) is 13.1 Å². The van der Waals surface area contributed by atoms with Gasteiger partial charge >= 0.3 is 0 Å². The van der Waals surface area contributed by atoms with E-state index in [0.717, 1.165) is 0 Å². The van der Waals surface area contributed by atoms with Crippen LogP contribution in [0.15, 0.2) is 17.0 Å². The van der Waals surface area contributed by atoms with Crippen LogP contribution < -0.4 is 24.2 Å². The summed E-state index contributed by atoms with van der Waals surface area (Å²) in [4.78, 5) is 12.5. The smallest absolute Gasteiger partial charge is 0.251 e. The summed E-state index contributed by atoms with van der Waals surface area (Å²) in [6.07, 6.45) is 0. The third-order valence-corrected chi connectivity index (χ3v) is 5.68. The van der Waals surface area contributed by atoms with E-state index in [0.29, 0.717) is 34.2 Å². The number of hydrogen-bond donors (Lipinski definition) is 3. The Kier molecular flexibility index (Phi) is 6.86. The molecular formula is C17H24N4O6S. The molecule has 0 aliphatic heterocycles. The van der Waals surface area contributed by atoms with Crippen LogP contribution in [0.1, 0.15) is 21.7 Å². The normalized spacial score (nSPS) is 11.2. The number of rotatable bonds is 9. The molecule has 0 saturated heterocycles. The van der Waals surface area contributed by atoms with Crippen LogP contribution in [0.4, 0.5) is 0 Å². The van der Waals surface area contributed by atoms with Crippen LogP contribution in [-0.2, 0) is 10.0 Å². The summed E-state index contributed by atoms with van der Waals surface area (Å²) in [7, 11) is 0.649. The summed E-state index contributed by atoms with van der Waals surface area (Å²) in [5.41, 5.74) is 1.12. The maximum atomic E-state index is 12.4. The standard InChI is InChI=1S/C17H24N4O6S/c1-10-16(11(2)21-20-10)28(23,24)19-7-6-18-17(22)12-8-13(25-3)15(27-5)14(9-12)26-4/h8-9,19H,6-7H2,1-5H3,(H,18,22)(H,20,21). The number of aromatic nitrogens is 2. The number of H-pyrrole nitrogens is 1. The summed E-state index contributed by atoms with van der Waals surface area (Å²) in [6.45, 7) is 3.33. The zero-order valence-electron chi connectivity index (χ0n) is 16.4. The lowest BCUT2D eigenvalue weighted by Gasteiger charge is -2.14. The Labute approximate surface area is 163 Å². The fourth-order valence-electron chi connectivity index (χ4n) is 2.68. The van der Waals surface area contributed by atoms with Crippen molar-refractivity contribution in [2.24, 2.45) is 0 Å². The van der Waals surface area contributed by atoms with Crippen LogP contribution in [0.2, 0.25) is 0 Å². The number of carbonyl (C=O) groups is 1. The Morgan fingerprint density at radius 3 is 2.14 bits per heavy atom. The van der Waals surface area contributed by atoms with E-state index < -0.39 is 15.9 Å². The van der Waals surface area contributed by atoms with Gasteiger partial charge in [-0.2, -0.15) is 5.10 Å². The lowest BCUT2D eigenvalue weighted by atomic mass is 10.1. The zero-order valence-corrected chi connectivity index (χ0v) is 17.2. The average molecular weight is 412 g/mol. The Hall–Kier alpha value is -2.79. The molecule has 0 radical (unpaired) electrons.